The number of hydrogen-bond acceptors (Lipinski definition) is 3. The molecule has 0 aliphatic carbocycles. The number of benzene rings is 1. The molecular weight excluding hydrogens is 268 g/mol. The normalized spacial score (nSPS) is 11.9. The molecule has 0 aliphatic heterocycles. The fourth-order valence-corrected chi connectivity index (χ4v) is 2.82. The summed E-state index contributed by atoms with van der Waals surface area (Å²) in [6.45, 7) is 4.86. The lowest BCUT2D eigenvalue weighted by Gasteiger charge is -2.15. The largest absolute Gasteiger partial charge is 0.385 e. The summed E-state index contributed by atoms with van der Waals surface area (Å²) in [6.07, 6.45) is 0.860. The molecule has 4 heteroatoms. The summed E-state index contributed by atoms with van der Waals surface area (Å²) >= 11 is 1.68. The fourth-order valence-electron chi connectivity index (χ4n) is 2.14. The molecule has 1 aromatic carbocycles. The first kappa shape index (κ1) is 14.6. The number of amides is 1. The Balaban J connectivity index is 2.00. The van der Waals surface area contributed by atoms with Gasteiger partial charge in [0.05, 0.1) is 5.56 Å². The van der Waals surface area contributed by atoms with Crippen molar-refractivity contribution in [3.05, 3.63) is 52.2 Å². The van der Waals surface area contributed by atoms with Crippen LogP contribution in [0, 0.1) is 0 Å². The molecule has 0 bridgehead atoms. The molecule has 0 saturated carbocycles. The second-order valence-electron chi connectivity index (χ2n) is 4.79. The molecule has 0 fully saturated rings. The van der Waals surface area contributed by atoms with Gasteiger partial charge in [0, 0.05) is 18.3 Å². The number of anilines is 1. The van der Waals surface area contributed by atoms with E-state index in [-0.39, 0.29) is 11.9 Å². The summed E-state index contributed by atoms with van der Waals surface area (Å²) in [5, 5.41) is 10.5. The number of carbonyl (C=O) groups is 1. The van der Waals surface area contributed by atoms with Gasteiger partial charge in [0.2, 0.25) is 0 Å². The van der Waals surface area contributed by atoms with E-state index in [1.165, 1.54) is 5.56 Å². The second-order valence-corrected chi connectivity index (χ2v) is 5.57. The van der Waals surface area contributed by atoms with Gasteiger partial charge >= 0.3 is 0 Å². The first-order valence-electron chi connectivity index (χ1n) is 6.85. The highest BCUT2D eigenvalue weighted by molar-refractivity contribution is 7.07. The molecule has 1 amide bonds. The van der Waals surface area contributed by atoms with Crippen LogP contribution in [0.4, 0.5) is 5.69 Å². The Morgan fingerprint density at radius 1 is 1.30 bits per heavy atom. The van der Waals surface area contributed by atoms with Crippen LogP contribution >= 0.6 is 11.3 Å². The Morgan fingerprint density at radius 3 is 2.80 bits per heavy atom. The molecule has 3 nitrogen and oxygen atoms in total. The Hall–Kier alpha value is -1.81. The lowest BCUT2D eigenvalue weighted by Crippen LogP contribution is -2.34. The average Bonchev–Trinajstić information content (AvgIpc) is 2.92. The van der Waals surface area contributed by atoms with E-state index in [4.69, 9.17) is 0 Å². The van der Waals surface area contributed by atoms with E-state index in [2.05, 4.69) is 27.5 Å². The van der Waals surface area contributed by atoms with E-state index in [9.17, 15) is 4.79 Å². The quantitative estimate of drug-likeness (QED) is 0.853. The molecule has 0 saturated heterocycles. The number of thiophene rings is 1. The summed E-state index contributed by atoms with van der Waals surface area (Å²) in [5.41, 5.74) is 2.85. The number of hydrogen-bond donors (Lipinski definition) is 2. The molecule has 2 aromatic rings. The van der Waals surface area contributed by atoms with Crippen molar-refractivity contribution in [3.63, 3.8) is 0 Å². The van der Waals surface area contributed by atoms with Crippen molar-refractivity contribution in [1.82, 2.24) is 5.32 Å². The average molecular weight is 288 g/mol. The zero-order chi connectivity index (χ0) is 14.4. The SMILES string of the molecule is CCNc1ccccc1C(=O)NC(C)Cc1ccsc1. The third-order valence-electron chi connectivity index (χ3n) is 3.04. The predicted molar refractivity (Wildman–Crippen MR) is 85.6 cm³/mol. The number of carbonyl (C=O) groups excluding carboxylic acids is 1. The fraction of sp³-hybridized carbons (Fsp3) is 0.312. The van der Waals surface area contributed by atoms with E-state index >= 15 is 0 Å². The third-order valence-corrected chi connectivity index (χ3v) is 3.77. The van der Waals surface area contributed by atoms with Crippen molar-refractivity contribution in [3.8, 4) is 0 Å². The molecule has 106 valence electrons. The highest BCUT2D eigenvalue weighted by atomic mass is 32.1. The van der Waals surface area contributed by atoms with Crippen LogP contribution in [-0.2, 0) is 6.42 Å². The van der Waals surface area contributed by atoms with Crippen LogP contribution in [0.15, 0.2) is 41.1 Å². The van der Waals surface area contributed by atoms with E-state index in [1.54, 1.807) is 11.3 Å². The Kier molecular flexibility index (Phi) is 5.18. The summed E-state index contributed by atoms with van der Waals surface area (Å²) in [4.78, 5) is 12.3. The van der Waals surface area contributed by atoms with Crippen molar-refractivity contribution in [1.29, 1.82) is 0 Å². The minimum absolute atomic E-state index is 0.0238. The first-order chi connectivity index (χ1) is 9.70. The minimum atomic E-state index is -0.0238. The van der Waals surface area contributed by atoms with Crippen LogP contribution in [0.5, 0.6) is 0 Å². The van der Waals surface area contributed by atoms with Gasteiger partial charge in [-0.15, -0.1) is 0 Å². The molecule has 1 heterocycles. The van der Waals surface area contributed by atoms with Gasteiger partial charge in [-0.3, -0.25) is 4.79 Å². The molecule has 1 atom stereocenters. The van der Waals surface area contributed by atoms with Gasteiger partial charge in [0.15, 0.2) is 0 Å². The molecule has 0 aliphatic rings. The van der Waals surface area contributed by atoms with Crippen molar-refractivity contribution >= 4 is 22.9 Å². The molecule has 1 aromatic heterocycles. The van der Waals surface area contributed by atoms with Crippen LogP contribution in [-0.4, -0.2) is 18.5 Å². The number of nitrogens with one attached hydrogen (secondary N) is 2. The third kappa shape index (κ3) is 3.84. The number of para-hydroxylation sites is 1. The molecule has 20 heavy (non-hydrogen) atoms. The lowest BCUT2D eigenvalue weighted by molar-refractivity contribution is 0.0941. The molecular formula is C16H20N2OS. The van der Waals surface area contributed by atoms with Crippen molar-refractivity contribution < 1.29 is 4.79 Å². The van der Waals surface area contributed by atoms with Gasteiger partial charge in [-0.1, -0.05) is 12.1 Å². The van der Waals surface area contributed by atoms with Crippen LogP contribution in [0.3, 0.4) is 0 Å². The van der Waals surface area contributed by atoms with E-state index < -0.39 is 0 Å². The molecule has 1 unspecified atom stereocenters. The summed E-state index contributed by atoms with van der Waals surface area (Å²) in [7, 11) is 0. The van der Waals surface area contributed by atoms with E-state index in [0.29, 0.717) is 5.56 Å². The maximum Gasteiger partial charge on any atom is 0.253 e. The summed E-state index contributed by atoms with van der Waals surface area (Å²) < 4.78 is 0. The van der Waals surface area contributed by atoms with Crippen LogP contribution in [0.1, 0.15) is 29.8 Å². The predicted octanol–water partition coefficient (Wildman–Crippen LogP) is 3.54. The van der Waals surface area contributed by atoms with E-state index in [1.807, 2.05) is 38.1 Å². The van der Waals surface area contributed by atoms with Gasteiger partial charge in [0.25, 0.3) is 5.91 Å². The maximum absolute atomic E-state index is 12.3. The molecule has 0 spiro atoms. The highest BCUT2D eigenvalue weighted by Crippen LogP contribution is 2.15. The summed E-state index contributed by atoms with van der Waals surface area (Å²) in [5.74, 6) is -0.0238. The second kappa shape index (κ2) is 7.10. The Morgan fingerprint density at radius 2 is 2.10 bits per heavy atom. The van der Waals surface area contributed by atoms with Crippen molar-refractivity contribution in [2.75, 3.05) is 11.9 Å². The zero-order valence-corrected chi connectivity index (χ0v) is 12.7. The molecule has 0 radical (unpaired) electrons. The van der Waals surface area contributed by atoms with E-state index in [0.717, 1.165) is 18.7 Å². The van der Waals surface area contributed by atoms with Crippen LogP contribution in [0.2, 0.25) is 0 Å². The smallest absolute Gasteiger partial charge is 0.253 e. The topological polar surface area (TPSA) is 41.1 Å². The standard InChI is InChI=1S/C16H20N2OS/c1-3-17-15-7-5-4-6-14(15)16(19)18-12(2)10-13-8-9-20-11-13/h4-9,11-12,17H,3,10H2,1-2H3,(H,18,19). The zero-order valence-electron chi connectivity index (χ0n) is 11.8. The van der Waals surface area contributed by atoms with Gasteiger partial charge in [-0.25, -0.2) is 0 Å². The van der Waals surface area contributed by atoms with Crippen LogP contribution in [0.25, 0.3) is 0 Å². The monoisotopic (exact) mass is 288 g/mol. The first-order valence-corrected chi connectivity index (χ1v) is 7.79. The Bertz CT molecular complexity index is 551. The van der Waals surface area contributed by atoms with Crippen molar-refractivity contribution in [2.24, 2.45) is 0 Å². The molecule has 2 rings (SSSR count). The van der Waals surface area contributed by atoms with Gasteiger partial charge in [-0.2, -0.15) is 11.3 Å². The number of rotatable bonds is 6. The highest BCUT2D eigenvalue weighted by Gasteiger charge is 2.13. The maximum atomic E-state index is 12.3. The van der Waals surface area contributed by atoms with Crippen molar-refractivity contribution in [2.45, 2.75) is 26.3 Å². The van der Waals surface area contributed by atoms with Crippen LogP contribution < -0.4 is 10.6 Å². The van der Waals surface area contributed by atoms with Gasteiger partial charge in [-0.05, 0) is 54.8 Å². The lowest BCUT2D eigenvalue weighted by atomic mass is 10.1. The molecule has 2 N–H and O–H groups in total. The minimum Gasteiger partial charge on any atom is -0.385 e. The van der Waals surface area contributed by atoms with Gasteiger partial charge in [0.1, 0.15) is 0 Å². The Labute approximate surface area is 124 Å². The van der Waals surface area contributed by atoms with Gasteiger partial charge < -0.3 is 10.6 Å². The summed E-state index contributed by atoms with van der Waals surface area (Å²) in [6, 6.07) is 9.82.